The second kappa shape index (κ2) is 3.49. The maximum atomic E-state index is 9.04. The zero-order valence-electron chi connectivity index (χ0n) is 8.85. The molecule has 1 aromatic heterocycles. The average molecular weight is 209 g/mol. The first-order valence-corrected chi connectivity index (χ1v) is 5.46. The molecular formula is C13H11N3. The number of hydrogen-bond acceptors (Lipinski definition) is 2. The van der Waals surface area contributed by atoms with Crippen LogP contribution in [0.5, 0.6) is 0 Å². The van der Waals surface area contributed by atoms with Crippen LogP contribution in [0.1, 0.15) is 23.4 Å². The summed E-state index contributed by atoms with van der Waals surface area (Å²) in [6.45, 7) is 0. The molecule has 0 radical (unpaired) electrons. The molecule has 0 fully saturated rings. The third-order valence-electron chi connectivity index (χ3n) is 3.04. The Morgan fingerprint density at radius 3 is 2.75 bits per heavy atom. The predicted molar refractivity (Wildman–Crippen MR) is 60.3 cm³/mol. The van der Waals surface area contributed by atoms with E-state index in [-0.39, 0.29) is 0 Å². The van der Waals surface area contributed by atoms with Crippen molar-refractivity contribution < 1.29 is 0 Å². The van der Waals surface area contributed by atoms with Crippen LogP contribution in [-0.4, -0.2) is 9.78 Å². The molecule has 2 aromatic rings. The summed E-state index contributed by atoms with van der Waals surface area (Å²) >= 11 is 0. The molecule has 0 N–H and O–H groups in total. The molecule has 0 saturated carbocycles. The Hall–Kier alpha value is -2.08. The van der Waals surface area contributed by atoms with Crippen LogP contribution in [-0.2, 0) is 12.8 Å². The molecule has 1 aromatic carbocycles. The molecule has 3 rings (SSSR count). The summed E-state index contributed by atoms with van der Waals surface area (Å²) in [7, 11) is 0. The fourth-order valence-electron chi connectivity index (χ4n) is 2.31. The monoisotopic (exact) mass is 209 g/mol. The summed E-state index contributed by atoms with van der Waals surface area (Å²) in [6, 6.07) is 12.2. The van der Waals surface area contributed by atoms with Gasteiger partial charge in [-0.25, -0.2) is 4.68 Å². The zero-order chi connectivity index (χ0) is 11.0. The van der Waals surface area contributed by atoms with Gasteiger partial charge < -0.3 is 0 Å². The van der Waals surface area contributed by atoms with Crippen LogP contribution in [0.3, 0.4) is 0 Å². The first-order chi connectivity index (χ1) is 7.90. The summed E-state index contributed by atoms with van der Waals surface area (Å²) in [5, 5.41) is 13.4. The maximum absolute atomic E-state index is 9.04. The molecule has 78 valence electrons. The van der Waals surface area contributed by atoms with Crippen LogP contribution in [0.25, 0.3) is 5.69 Å². The Labute approximate surface area is 93.9 Å². The van der Waals surface area contributed by atoms with Crippen LogP contribution in [0.15, 0.2) is 30.3 Å². The largest absolute Gasteiger partial charge is 0.236 e. The smallest absolute Gasteiger partial charge is 0.166 e. The first-order valence-electron chi connectivity index (χ1n) is 5.46. The van der Waals surface area contributed by atoms with Gasteiger partial charge in [0, 0.05) is 11.3 Å². The highest BCUT2D eigenvalue weighted by molar-refractivity contribution is 5.43. The van der Waals surface area contributed by atoms with E-state index in [1.807, 2.05) is 35.0 Å². The quantitative estimate of drug-likeness (QED) is 0.722. The SMILES string of the molecule is N#Cc1nn(-c2ccccc2)c2c1CCC2. The molecule has 3 heteroatoms. The van der Waals surface area contributed by atoms with Gasteiger partial charge in [-0.15, -0.1) is 0 Å². The molecule has 16 heavy (non-hydrogen) atoms. The predicted octanol–water partition coefficient (Wildman–Crippen LogP) is 2.23. The van der Waals surface area contributed by atoms with E-state index in [0.717, 1.165) is 30.5 Å². The number of aromatic nitrogens is 2. The first kappa shape index (κ1) is 9.17. The van der Waals surface area contributed by atoms with Crippen LogP contribution in [0.4, 0.5) is 0 Å². The van der Waals surface area contributed by atoms with Gasteiger partial charge >= 0.3 is 0 Å². The molecule has 1 heterocycles. The number of nitriles is 1. The Kier molecular flexibility index (Phi) is 2.00. The second-order valence-electron chi connectivity index (χ2n) is 3.99. The van der Waals surface area contributed by atoms with E-state index < -0.39 is 0 Å². The van der Waals surface area contributed by atoms with Crippen molar-refractivity contribution in [2.75, 3.05) is 0 Å². The van der Waals surface area contributed by atoms with Gasteiger partial charge in [-0.05, 0) is 31.4 Å². The van der Waals surface area contributed by atoms with E-state index in [1.54, 1.807) is 0 Å². The van der Waals surface area contributed by atoms with Crippen molar-refractivity contribution >= 4 is 0 Å². The average Bonchev–Trinajstić information content (AvgIpc) is 2.91. The van der Waals surface area contributed by atoms with Gasteiger partial charge in [-0.1, -0.05) is 18.2 Å². The summed E-state index contributed by atoms with van der Waals surface area (Å²) < 4.78 is 1.92. The van der Waals surface area contributed by atoms with E-state index in [9.17, 15) is 0 Å². The lowest BCUT2D eigenvalue weighted by Crippen LogP contribution is -2.00. The Balaban J connectivity index is 2.20. The Bertz CT molecular complexity index is 561. The highest BCUT2D eigenvalue weighted by Crippen LogP contribution is 2.27. The summed E-state index contributed by atoms with van der Waals surface area (Å²) in [6.07, 6.45) is 3.15. The molecule has 0 saturated heterocycles. The molecule has 0 bridgehead atoms. The molecule has 3 nitrogen and oxygen atoms in total. The van der Waals surface area contributed by atoms with E-state index >= 15 is 0 Å². The normalized spacial score (nSPS) is 13.4. The minimum Gasteiger partial charge on any atom is -0.236 e. The van der Waals surface area contributed by atoms with Crippen molar-refractivity contribution in [1.82, 2.24) is 9.78 Å². The second-order valence-corrected chi connectivity index (χ2v) is 3.99. The van der Waals surface area contributed by atoms with Crippen molar-refractivity contribution in [3.05, 3.63) is 47.3 Å². The van der Waals surface area contributed by atoms with E-state index in [2.05, 4.69) is 11.2 Å². The molecule has 0 spiro atoms. The van der Waals surface area contributed by atoms with Crippen molar-refractivity contribution in [2.24, 2.45) is 0 Å². The van der Waals surface area contributed by atoms with Crippen molar-refractivity contribution in [2.45, 2.75) is 19.3 Å². The van der Waals surface area contributed by atoms with Gasteiger partial charge in [0.25, 0.3) is 0 Å². The van der Waals surface area contributed by atoms with Crippen molar-refractivity contribution in [1.29, 1.82) is 5.26 Å². The highest BCUT2D eigenvalue weighted by atomic mass is 15.3. The number of para-hydroxylation sites is 1. The van der Waals surface area contributed by atoms with Crippen LogP contribution < -0.4 is 0 Å². The van der Waals surface area contributed by atoms with Gasteiger partial charge in [0.2, 0.25) is 0 Å². The maximum Gasteiger partial charge on any atom is 0.166 e. The molecule has 0 atom stereocenters. The standard InChI is InChI=1S/C13H11N3/c14-9-12-11-7-4-8-13(11)16(15-12)10-5-2-1-3-6-10/h1-3,5-6H,4,7-8H2. The number of nitrogens with zero attached hydrogens (tertiary/aromatic N) is 3. The van der Waals surface area contributed by atoms with Crippen LogP contribution in [0.2, 0.25) is 0 Å². The third kappa shape index (κ3) is 1.24. The summed E-state index contributed by atoms with van der Waals surface area (Å²) in [5.74, 6) is 0. The lowest BCUT2D eigenvalue weighted by atomic mass is 10.2. The lowest BCUT2D eigenvalue weighted by Gasteiger charge is -2.04. The number of fused-ring (bicyclic) bond motifs is 1. The molecule has 1 aliphatic carbocycles. The number of benzene rings is 1. The van der Waals surface area contributed by atoms with Crippen LogP contribution in [0, 0.1) is 11.3 Å². The van der Waals surface area contributed by atoms with Gasteiger partial charge in [0.1, 0.15) is 6.07 Å². The third-order valence-corrected chi connectivity index (χ3v) is 3.04. The van der Waals surface area contributed by atoms with Crippen molar-refractivity contribution in [3.63, 3.8) is 0 Å². The number of rotatable bonds is 1. The van der Waals surface area contributed by atoms with E-state index in [1.165, 1.54) is 5.69 Å². The Morgan fingerprint density at radius 2 is 2.00 bits per heavy atom. The summed E-state index contributed by atoms with van der Waals surface area (Å²) in [4.78, 5) is 0. The van der Waals surface area contributed by atoms with Gasteiger partial charge in [0.05, 0.1) is 5.69 Å². The van der Waals surface area contributed by atoms with E-state index in [4.69, 9.17) is 5.26 Å². The molecule has 1 aliphatic rings. The van der Waals surface area contributed by atoms with E-state index in [0.29, 0.717) is 5.69 Å². The fraction of sp³-hybridized carbons (Fsp3) is 0.231. The molecule has 0 amide bonds. The summed E-state index contributed by atoms with van der Waals surface area (Å²) in [5.41, 5.74) is 3.99. The minimum atomic E-state index is 0.594. The Morgan fingerprint density at radius 1 is 1.19 bits per heavy atom. The van der Waals surface area contributed by atoms with Crippen molar-refractivity contribution in [3.8, 4) is 11.8 Å². The van der Waals surface area contributed by atoms with Crippen LogP contribution >= 0.6 is 0 Å². The minimum absolute atomic E-state index is 0.594. The lowest BCUT2D eigenvalue weighted by molar-refractivity contribution is 0.780. The van der Waals surface area contributed by atoms with Gasteiger partial charge in [0.15, 0.2) is 5.69 Å². The molecular weight excluding hydrogens is 198 g/mol. The number of hydrogen-bond donors (Lipinski definition) is 0. The topological polar surface area (TPSA) is 41.6 Å². The van der Waals surface area contributed by atoms with Gasteiger partial charge in [-0.2, -0.15) is 10.4 Å². The highest BCUT2D eigenvalue weighted by Gasteiger charge is 2.22. The zero-order valence-corrected chi connectivity index (χ0v) is 8.85. The van der Waals surface area contributed by atoms with Gasteiger partial charge in [-0.3, -0.25) is 0 Å². The molecule has 0 aliphatic heterocycles. The molecule has 0 unspecified atom stereocenters. The fourth-order valence-corrected chi connectivity index (χ4v) is 2.31.